The fourth-order valence-corrected chi connectivity index (χ4v) is 2.92. The lowest BCUT2D eigenvalue weighted by atomic mass is 10.2. The summed E-state index contributed by atoms with van der Waals surface area (Å²) in [6.07, 6.45) is 1.48. The van der Waals surface area contributed by atoms with Crippen LogP contribution in [0.1, 0.15) is 23.2 Å². The topological polar surface area (TPSA) is 56.8 Å². The summed E-state index contributed by atoms with van der Waals surface area (Å²) in [6, 6.07) is 10.3. The normalized spacial score (nSPS) is 13.0. The molecule has 2 aromatic carbocycles. The highest BCUT2D eigenvalue weighted by Crippen LogP contribution is 2.30. The molecule has 0 aromatic heterocycles. The Kier molecular flexibility index (Phi) is 6.47. The molecule has 7 heteroatoms. The van der Waals surface area contributed by atoms with Gasteiger partial charge in [0.25, 0.3) is 5.91 Å². The second-order valence-corrected chi connectivity index (χ2v) is 6.59. The van der Waals surface area contributed by atoms with Crippen molar-refractivity contribution in [1.82, 2.24) is 5.32 Å². The fraction of sp³-hybridized carbons (Fsp3) is 0.316. The summed E-state index contributed by atoms with van der Waals surface area (Å²) >= 11 is 11.9. The molecule has 3 rings (SSSR count). The van der Waals surface area contributed by atoms with Crippen LogP contribution in [-0.2, 0) is 0 Å². The van der Waals surface area contributed by atoms with Crippen molar-refractivity contribution in [3.8, 4) is 17.2 Å². The molecule has 0 radical (unpaired) electrons. The monoisotopic (exact) mass is 395 g/mol. The van der Waals surface area contributed by atoms with Crippen LogP contribution in [0.5, 0.6) is 17.2 Å². The maximum absolute atomic E-state index is 12.3. The molecule has 2 aromatic rings. The van der Waals surface area contributed by atoms with Crippen LogP contribution < -0.4 is 19.5 Å². The summed E-state index contributed by atoms with van der Waals surface area (Å²) in [5.74, 6) is 1.69. The standard InChI is InChI=1S/C19H19Cl2NO4/c20-14-4-6-16(15(21)12-14)24-8-1-7-22-19(23)13-3-5-17-18(11-13)26-10-2-9-25-17/h3-6,11-12H,1-2,7-10H2,(H,22,23). The molecule has 138 valence electrons. The number of carbonyl (C=O) groups excluding carboxylic acids is 1. The van der Waals surface area contributed by atoms with Crippen LogP contribution >= 0.6 is 23.2 Å². The van der Waals surface area contributed by atoms with Gasteiger partial charge in [0.15, 0.2) is 11.5 Å². The SMILES string of the molecule is O=C(NCCCOc1ccc(Cl)cc1Cl)c1ccc2c(c1)OCCCO2. The molecule has 0 unspecified atom stereocenters. The average molecular weight is 396 g/mol. The number of benzene rings is 2. The number of rotatable bonds is 6. The van der Waals surface area contributed by atoms with Crippen LogP contribution in [-0.4, -0.2) is 32.3 Å². The van der Waals surface area contributed by atoms with Crippen molar-refractivity contribution in [2.24, 2.45) is 0 Å². The van der Waals surface area contributed by atoms with Gasteiger partial charge in [-0.25, -0.2) is 0 Å². The van der Waals surface area contributed by atoms with E-state index in [1.807, 2.05) is 0 Å². The molecule has 1 heterocycles. The maximum Gasteiger partial charge on any atom is 0.251 e. The van der Waals surface area contributed by atoms with E-state index >= 15 is 0 Å². The molecule has 0 saturated heterocycles. The number of carbonyl (C=O) groups is 1. The van der Waals surface area contributed by atoms with Crippen molar-refractivity contribution < 1.29 is 19.0 Å². The van der Waals surface area contributed by atoms with Crippen molar-refractivity contribution >= 4 is 29.1 Å². The van der Waals surface area contributed by atoms with E-state index < -0.39 is 0 Å². The molecule has 1 N–H and O–H groups in total. The summed E-state index contributed by atoms with van der Waals surface area (Å²) in [5.41, 5.74) is 0.538. The molecule has 0 saturated carbocycles. The summed E-state index contributed by atoms with van der Waals surface area (Å²) in [4.78, 5) is 12.3. The molecule has 1 aliphatic heterocycles. The Bertz CT molecular complexity index is 782. The van der Waals surface area contributed by atoms with Gasteiger partial charge in [-0.05, 0) is 42.8 Å². The second kappa shape index (κ2) is 9.01. The first-order chi connectivity index (χ1) is 12.6. The van der Waals surface area contributed by atoms with Crippen molar-refractivity contribution in [2.75, 3.05) is 26.4 Å². The molecular weight excluding hydrogens is 377 g/mol. The van der Waals surface area contributed by atoms with Crippen LogP contribution in [0.3, 0.4) is 0 Å². The lowest BCUT2D eigenvalue weighted by Gasteiger charge is -2.11. The third kappa shape index (κ3) is 4.96. The molecule has 26 heavy (non-hydrogen) atoms. The molecule has 5 nitrogen and oxygen atoms in total. The van der Waals surface area contributed by atoms with E-state index in [1.165, 1.54) is 0 Å². The van der Waals surface area contributed by atoms with Crippen LogP contribution in [0, 0.1) is 0 Å². The second-order valence-electron chi connectivity index (χ2n) is 5.74. The Morgan fingerprint density at radius 3 is 2.69 bits per heavy atom. The first-order valence-corrected chi connectivity index (χ1v) is 9.15. The predicted octanol–water partition coefficient (Wildman–Crippen LogP) is 4.35. The van der Waals surface area contributed by atoms with E-state index in [4.69, 9.17) is 37.4 Å². The number of halogens is 2. The minimum Gasteiger partial charge on any atom is -0.492 e. The van der Waals surface area contributed by atoms with Gasteiger partial charge in [0, 0.05) is 23.6 Å². The molecule has 1 aliphatic rings. The smallest absolute Gasteiger partial charge is 0.251 e. The lowest BCUT2D eigenvalue weighted by molar-refractivity contribution is 0.0951. The summed E-state index contributed by atoms with van der Waals surface area (Å²) in [6.45, 7) is 2.13. The van der Waals surface area contributed by atoms with Gasteiger partial charge in [0.1, 0.15) is 5.75 Å². The van der Waals surface area contributed by atoms with Gasteiger partial charge in [0.05, 0.1) is 24.8 Å². The highest BCUT2D eigenvalue weighted by Gasteiger charge is 2.13. The molecular formula is C19H19Cl2NO4. The quantitative estimate of drug-likeness (QED) is 0.738. The molecule has 1 amide bonds. The van der Waals surface area contributed by atoms with Crippen LogP contribution in [0.25, 0.3) is 0 Å². The number of amides is 1. The Labute approximate surface area is 162 Å². The highest BCUT2D eigenvalue weighted by atomic mass is 35.5. The van der Waals surface area contributed by atoms with Crippen molar-refractivity contribution in [1.29, 1.82) is 0 Å². The fourth-order valence-electron chi connectivity index (χ4n) is 2.46. The van der Waals surface area contributed by atoms with Crippen LogP contribution in [0.4, 0.5) is 0 Å². The van der Waals surface area contributed by atoms with E-state index in [0.29, 0.717) is 65.6 Å². The van der Waals surface area contributed by atoms with Crippen molar-refractivity contribution in [3.05, 3.63) is 52.0 Å². The number of hydrogen-bond acceptors (Lipinski definition) is 4. The van der Waals surface area contributed by atoms with E-state index in [2.05, 4.69) is 5.32 Å². The predicted molar refractivity (Wildman–Crippen MR) is 101 cm³/mol. The third-order valence-corrected chi connectivity index (χ3v) is 4.30. The Hall–Kier alpha value is -2.11. The number of fused-ring (bicyclic) bond motifs is 1. The van der Waals surface area contributed by atoms with Crippen molar-refractivity contribution in [2.45, 2.75) is 12.8 Å². The van der Waals surface area contributed by atoms with Gasteiger partial charge in [-0.15, -0.1) is 0 Å². The van der Waals surface area contributed by atoms with E-state index in [-0.39, 0.29) is 5.91 Å². The van der Waals surface area contributed by atoms with E-state index in [9.17, 15) is 4.79 Å². The molecule has 0 fully saturated rings. The Morgan fingerprint density at radius 1 is 1.08 bits per heavy atom. The van der Waals surface area contributed by atoms with Gasteiger partial charge in [0.2, 0.25) is 0 Å². The largest absolute Gasteiger partial charge is 0.492 e. The summed E-state index contributed by atoms with van der Waals surface area (Å²) in [5, 5.41) is 3.89. The van der Waals surface area contributed by atoms with E-state index in [1.54, 1.807) is 36.4 Å². The highest BCUT2D eigenvalue weighted by molar-refractivity contribution is 6.35. The van der Waals surface area contributed by atoms with Crippen LogP contribution in [0.2, 0.25) is 10.0 Å². The Balaban J connectivity index is 1.45. The van der Waals surface area contributed by atoms with Gasteiger partial charge >= 0.3 is 0 Å². The number of nitrogens with one attached hydrogen (secondary N) is 1. The molecule has 0 bridgehead atoms. The maximum atomic E-state index is 12.3. The minimum absolute atomic E-state index is 0.162. The van der Waals surface area contributed by atoms with Gasteiger partial charge < -0.3 is 19.5 Å². The molecule has 0 aliphatic carbocycles. The Morgan fingerprint density at radius 2 is 1.88 bits per heavy atom. The molecule has 0 atom stereocenters. The zero-order chi connectivity index (χ0) is 18.4. The number of ether oxygens (including phenoxy) is 3. The zero-order valence-electron chi connectivity index (χ0n) is 14.1. The van der Waals surface area contributed by atoms with Gasteiger partial charge in [-0.2, -0.15) is 0 Å². The van der Waals surface area contributed by atoms with Gasteiger partial charge in [-0.3, -0.25) is 4.79 Å². The molecule has 0 spiro atoms. The lowest BCUT2D eigenvalue weighted by Crippen LogP contribution is -2.25. The number of hydrogen-bond donors (Lipinski definition) is 1. The first kappa shape index (κ1) is 18.7. The van der Waals surface area contributed by atoms with Gasteiger partial charge in [-0.1, -0.05) is 23.2 Å². The first-order valence-electron chi connectivity index (χ1n) is 8.39. The average Bonchev–Trinajstić information content (AvgIpc) is 2.87. The van der Waals surface area contributed by atoms with Crippen LogP contribution in [0.15, 0.2) is 36.4 Å². The zero-order valence-corrected chi connectivity index (χ0v) is 15.6. The minimum atomic E-state index is -0.162. The third-order valence-electron chi connectivity index (χ3n) is 3.77. The van der Waals surface area contributed by atoms with Crippen molar-refractivity contribution in [3.63, 3.8) is 0 Å². The van der Waals surface area contributed by atoms with E-state index in [0.717, 1.165) is 6.42 Å². The summed E-state index contributed by atoms with van der Waals surface area (Å²) in [7, 11) is 0. The summed E-state index contributed by atoms with van der Waals surface area (Å²) < 4.78 is 16.8.